The minimum atomic E-state index is 0. The number of morpholine rings is 1. The summed E-state index contributed by atoms with van der Waals surface area (Å²) in [6.07, 6.45) is 4.95. The maximum atomic E-state index is 5.36. The molecule has 1 aliphatic rings. The minimum absolute atomic E-state index is 0. The molecule has 1 aromatic heterocycles. The van der Waals surface area contributed by atoms with Gasteiger partial charge in [0.15, 0.2) is 5.96 Å². The van der Waals surface area contributed by atoms with Crippen LogP contribution in [0.2, 0.25) is 0 Å². The Hall–Kier alpha value is -0.870. The number of guanidine groups is 1. The fourth-order valence-corrected chi connectivity index (χ4v) is 2.40. The molecular weight excluding hydrogens is 407 g/mol. The van der Waals surface area contributed by atoms with Crippen molar-refractivity contribution in [2.75, 3.05) is 45.9 Å². The van der Waals surface area contributed by atoms with Crippen molar-refractivity contribution in [3.8, 4) is 0 Å². The number of ether oxygens (including phenoxy) is 1. The van der Waals surface area contributed by atoms with E-state index < -0.39 is 0 Å². The van der Waals surface area contributed by atoms with Gasteiger partial charge in [0.2, 0.25) is 0 Å². The zero-order valence-electron chi connectivity index (χ0n) is 14.1. The smallest absolute Gasteiger partial charge is 0.191 e. The van der Waals surface area contributed by atoms with Crippen molar-refractivity contribution < 1.29 is 4.74 Å². The topological polar surface area (TPSA) is 66.7 Å². The average Bonchev–Trinajstić information content (AvgIpc) is 2.95. The van der Waals surface area contributed by atoms with Crippen molar-refractivity contribution in [3.05, 3.63) is 18.0 Å². The molecule has 23 heavy (non-hydrogen) atoms. The fourth-order valence-electron chi connectivity index (χ4n) is 2.40. The maximum Gasteiger partial charge on any atom is 0.191 e. The number of hydrogen-bond donors (Lipinski definition) is 2. The van der Waals surface area contributed by atoms with Crippen molar-refractivity contribution in [1.29, 1.82) is 0 Å². The molecule has 2 heterocycles. The summed E-state index contributed by atoms with van der Waals surface area (Å²) in [5.41, 5.74) is 1.12. The largest absolute Gasteiger partial charge is 0.379 e. The number of hydrogen-bond acceptors (Lipinski definition) is 4. The zero-order chi connectivity index (χ0) is 15.6. The molecule has 2 rings (SSSR count). The summed E-state index contributed by atoms with van der Waals surface area (Å²) < 4.78 is 7.16. The van der Waals surface area contributed by atoms with Crippen LogP contribution in [0.4, 0.5) is 0 Å². The second-order valence-corrected chi connectivity index (χ2v) is 5.45. The van der Waals surface area contributed by atoms with Crippen LogP contribution in [0.3, 0.4) is 0 Å². The van der Waals surface area contributed by atoms with Gasteiger partial charge in [-0.1, -0.05) is 0 Å². The van der Waals surface area contributed by atoms with Gasteiger partial charge in [-0.25, -0.2) is 4.99 Å². The van der Waals surface area contributed by atoms with E-state index in [-0.39, 0.29) is 24.0 Å². The minimum Gasteiger partial charge on any atom is -0.379 e. The van der Waals surface area contributed by atoms with E-state index in [1.165, 1.54) is 0 Å². The molecule has 1 aromatic rings. The normalized spacial score (nSPS) is 16.0. The van der Waals surface area contributed by atoms with E-state index in [1.54, 1.807) is 4.68 Å². The van der Waals surface area contributed by atoms with Gasteiger partial charge >= 0.3 is 0 Å². The SMILES string of the molecule is CCNC(=NCc1cnn(C)c1)NCCCN1CCOCC1.I. The Morgan fingerprint density at radius 2 is 2.13 bits per heavy atom. The first kappa shape index (κ1) is 20.2. The highest BCUT2D eigenvalue weighted by atomic mass is 127. The van der Waals surface area contributed by atoms with Crippen LogP contribution >= 0.6 is 24.0 Å². The number of halogens is 1. The van der Waals surface area contributed by atoms with Gasteiger partial charge in [-0.15, -0.1) is 24.0 Å². The lowest BCUT2D eigenvalue weighted by Gasteiger charge is -2.26. The quantitative estimate of drug-likeness (QED) is 0.287. The zero-order valence-corrected chi connectivity index (χ0v) is 16.5. The molecule has 1 aliphatic heterocycles. The van der Waals surface area contributed by atoms with E-state index in [0.717, 1.165) is 63.9 Å². The number of nitrogens with one attached hydrogen (secondary N) is 2. The molecule has 1 saturated heterocycles. The lowest BCUT2D eigenvalue weighted by molar-refractivity contribution is 0.0376. The van der Waals surface area contributed by atoms with Crippen LogP contribution in [0.1, 0.15) is 18.9 Å². The molecule has 1 fully saturated rings. The number of aliphatic imine (C=N–C) groups is 1. The van der Waals surface area contributed by atoms with Crippen molar-refractivity contribution >= 4 is 29.9 Å². The Bertz CT molecular complexity index is 459. The highest BCUT2D eigenvalue weighted by Gasteiger charge is 2.09. The van der Waals surface area contributed by atoms with Gasteiger partial charge in [0.05, 0.1) is 26.0 Å². The average molecular weight is 436 g/mol. The molecule has 132 valence electrons. The molecular formula is C15H29IN6O. The lowest BCUT2D eigenvalue weighted by atomic mass is 10.3. The highest BCUT2D eigenvalue weighted by Crippen LogP contribution is 1.99. The van der Waals surface area contributed by atoms with Crippen LogP contribution < -0.4 is 10.6 Å². The summed E-state index contributed by atoms with van der Waals surface area (Å²) >= 11 is 0. The Morgan fingerprint density at radius 3 is 2.78 bits per heavy atom. The second kappa shape index (κ2) is 11.6. The van der Waals surface area contributed by atoms with E-state index in [1.807, 2.05) is 19.4 Å². The molecule has 0 aliphatic carbocycles. The molecule has 8 heteroatoms. The van der Waals surface area contributed by atoms with E-state index in [4.69, 9.17) is 4.74 Å². The molecule has 2 N–H and O–H groups in total. The van der Waals surface area contributed by atoms with Gasteiger partial charge in [-0.05, 0) is 19.9 Å². The third kappa shape index (κ3) is 7.98. The lowest BCUT2D eigenvalue weighted by Crippen LogP contribution is -2.40. The van der Waals surface area contributed by atoms with E-state index in [9.17, 15) is 0 Å². The Kier molecular flexibility index (Phi) is 10.2. The van der Waals surface area contributed by atoms with E-state index in [0.29, 0.717) is 6.54 Å². The summed E-state index contributed by atoms with van der Waals surface area (Å²) in [6.45, 7) is 9.45. The summed E-state index contributed by atoms with van der Waals surface area (Å²) in [5, 5.41) is 10.8. The van der Waals surface area contributed by atoms with Crippen LogP contribution in [-0.2, 0) is 18.3 Å². The van der Waals surface area contributed by atoms with Gasteiger partial charge in [-0.3, -0.25) is 9.58 Å². The maximum absolute atomic E-state index is 5.36. The van der Waals surface area contributed by atoms with Crippen molar-refractivity contribution in [1.82, 2.24) is 25.3 Å². The van der Waals surface area contributed by atoms with Crippen LogP contribution in [0.25, 0.3) is 0 Å². The molecule has 0 bridgehead atoms. The Labute approximate surface area is 155 Å². The standard InChI is InChI=1S/C15H28N6O.HI/c1-3-16-15(18-11-14-12-19-20(2)13-14)17-5-4-6-21-7-9-22-10-8-21;/h12-13H,3-11H2,1-2H3,(H2,16,17,18);1H. The van der Waals surface area contributed by atoms with Crippen molar-refractivity contribution in [3.63, 3.8) is 0 Å². The predicted octanol–water partition coefficient (Wildman–Crippen LogP) is 0.816. The summed E-state index contributed by atoms with van der Waals surface area (Å²) in [6, 6.07) is 0. The summed E-state index contributed by atoms with van der Waals surface area (Å²) in [5.74, 6) is 0.869. The van der Waals surface area contributed by atoms with Crippen LogP contribution in [0.5, 0.6) is 0 Å². The number of aromatic nitrogens is 2. The first-order chi connectivity index (χ1) is 10.8. The number of rotatable bonds is 7. The highest BCUT2D eigenvalue weighted by molar-refractivity contribution is 14.0. The third-order valence-corrected chi connectivity index (χ3v) is 3.57. The van der Waals surface area contributed by atoms with Gasteiger partial charge in [0.25, 0.3) is 0 Å². The first-order valence-corrected chi connectivity index (χ1v) is 8.07. The van der Waals surface area contributed by atoms with Crippen molar-refractivity contribution in [2.45, 2.75) is 19.9 Å². The van der Waals surface area contributed by atoms with Gasteiger partial charge in [0, 0.05) is 45.0 Å². The van der Waals surface area contributed by atoms with Crippen molar-refractivity contribution in [2.24, 2.45) is 12.0 Å². The Balaban J connectivity index is 0.00000264. The molecule has 0 aromatic carbocycles. The second-order valence-electron chi connectivity index (χ2n) is 5.45. The van der Waals surface area contributed by atoms with Gasteiger partial charge < -0.3 is 15.4 Å². The molecule has 0 spiro atoms. The molecule has 0 atom stereocenters. The summed E-state index contributed by atoms with van der Waals surface area (Å²) in [7, 11) is 1.92. The van der Waals surface area contributed by atoms with Crippen LogP contribution in [-0.4, -0.2) is 66.6 Å². The van der Waals surface area contributed by atoms with Gasteiger partial charge in [0.1, 0.15) is 0 Å². The molecule has 0 radical (unpaired) electrons. The van der Waals surface area contributed by atoms with E-state index >= 15 is 0 Å². The third-order valence-electron chi connectivity index (χ3n) is 3.57. The molecule has 0 saturated carbocycles. The monoisotopic (exact) mass is 436 g/mol. The van der Waals surface area contributed by atoms with Crippen LogP contribution in [0, 0.1) is 0 Å². The van der Waals surface area contributed by atoms with Crippen LogP contribution in [0.15, 0.2) is 17.4 Å². The predicted molar refractivity (Wildman–Crippen MR) is 103 cm³/mol. The number of nitrogens with zero attached hydrogens (tertiary/aromatic N) is 4. The summed E-state index contributed by atoms with van der Waals surface area (Å²) in [4.78, 5) is 7.04. The van der Waals surface area contributed by atoms with E-state index in [2.05, 4.69) is 32.5 Å². The molecule has 0 unspecified atom stereocenters. The molecule has 7 nitrogen and oxygen atoms in total. The molecule has 0 amide bonds. The first-order valence-electron chi connectivity index (χ1n) is 8.07. The fraction of sp³-hybridized carbons (Fsp3) is 0.733. The number of aryl methyl sites for hydroxylation is 1. The Morgan fingerprint density at radius 1 is 1.35 bits per heavy atom. The van der Waals surface area contributed by atoms with Gasteiger partial charge in [-0.2, -0.15) is 5.10 Å².